The molecule has 0 saturated heterocycles. The third-order valence-electron chi connectivity index (χ3n) is 2.90. The fraction of sp³-hybridized carbons (Fsp3) is 0.909. The lowest BCUT2D eigenvalue weighted by atomic mass is 10.0. The molecule has 88 valence electrons. The van der Waals surface area contributed by atoms with E-state index in [4.69, 9.17) is 5.84 Å². The van der Waals surface area contributed by atoms with Crippen LogP contribution in [-0.4, -0.2) is 29.4 Å². The second kappa shape index (κ2) is 5.47. The Morgan fingerprint density at radius 1 is 1.53 bits per heavy atom. The van der Waals surface area contributed by atoms with Gasteiger partial charge in [0.1, 0.15) is 0 Å². The molecule has 0 aromatic heterocycles. The van der Waals surface area contributed by atoms with Crippen LogP contribution in [-0.2, 0) is 4.79 Å². The van der Waals surface area contributed by atoms with E-state index in [9.17, 15) is 4.79 Å². The van der Waals surface area contributed by atoms with E-state index in [0.29, 0.717) is 12.0 Å². The largest absolute Gasteiger partial charge is 0.293 e. The first kappa shape index (κ1) is 12.5. The molecule has 3 N–H and O–H groups in total. The lowest BCUT2D eigenvalue weighted by Crippen LogP contribution is -2.52. The quantitative estimate of drug-likeness (QED) is 0.391. The van der Waals surface area contributed by atoms with Gasteiger partial charge < -0.3 is 0 Å². The van der Waals surface area contributed by atoms with Crippen LogP contribution in [0.5, 0.6) is 0 Å². The number of rotatable bonds is 6. The van der Waals surface area contributed by atoms with Gasteiger partial charge in [0.15, 0.2) is 0 Å². The summed E-state index contributed by atoms with van der Waals surface area (Å²) in [5.74, 6) is 5.49. The maximum absolute atomic E-state index is 11.7. The van der Waals surface area contributed by atoms with Crippen molar-refractivity contribution in [2.45, 2.75) is 52.1 Å². The number of nitrogens with one attached hydrogen (secondary N) is 1. The Morgan fingerprint density at radius 3 is 2.47 bits per heavy atom. The van der Waals surface area contributed by atoms with Gasteiger partial charge in [-0.3, -0.25) is 15.1 Å². The van der Waals surface area contributed by atoms with Crippen molar-refractivity contribution in [3.63, 3.8) is 0 Å². The van der Waals surface area contributed by atoms with Gasteiger partial charge in [0.25, 0.3) is 5.91 Å². The maximum atomic E-state index is 11.7. The van der Waals surface area contributed by atoms with E-state index in [1.165, 1.54) is 12.8 Å². The average Bonchev–Trinajstić information content (AvgIpc) is 2.99. The fourth-order valence-corrected chi connectivity index (χ4v) is 2.13. The van der Waals surface area contributed by atoms with Gasteiger partial charge in [0.2, 0.25) is 0 Å². The molecule has 1 unspecified atom stereocenters. The smallest absolute Gasteiger partial charge is 0.251 e. The van der Waals surface area contributed by atoms with Gasteiger partial charge >= 0.3 is 0 Å². The van der Waals surface area contributed by atoms with E-state index >= 15 is 0 Å². The van der Waals surface area contributed by atoms with Crippen LogP contribution in [0.15, 0.2) is 0 Å². The molecule has 1 aliphatic carbocycles. The molecule has 1 saturated carbocycles. The molecule has 1 amide bonds. The van der Waals surface area contributed by atoms with Crippen LogP contribution in [0.4, 0.5) is 0 Å². The van der Waals surface area contributed by atoms with Crippen LogP contribution in [0.1, 0.15) is 40.0 Å². The summed E-state index contributed by atoms with van der Waals surface area (Å²) in [6, 6.07) is 0.539. The number of carbonyl (C=O) groups is 1. The van der Waals surface area contributed by atoms with Crippen LogP contribution < -0.4 is 11.3 Å². The zero-order chi connectivity index (χ0) is 11.4. The molecule has 0 radical (unpaired) electrons. The van der Waals surface area contributed by atoms with Crippen molar-refractivity contribution in [1.29, 1.82) is 0 Å². The predicted molar refractivity (Wildman–Crippen MR) is 61.0 cm³/mol. The first-order valence-corrected chi connectivity index (χ1v) is 5.88. The third kappa shape index (κ3) is 3.18. The standard InChI is InChI=1S/C11H23N3O/c1-4-7-14(9-5-6-9)10(8(2)3)11(15)13-12/h8-10H,4-7,12H2,1-3H3,(H,13,15). The molecule has 0 aliphatic heterocycles. The number of amides is 1. The summed E-state index contributed by atoms with van der Waals surface area (Å²) in [5.41, 5.74) is 2.29. The Bertz CT molecular complexity index is 214. The second-order valence-corrected chi connectivity index (χ2v) is 4.67. The van der Waals surface area contributed by atoms with E-state index in [0.717, 1.165) is 13.0 Å². The highest BCUT2D eigenvalue weighted by Gasteiger charge is 2.37. The summed E-state index contributed by atoms with van der Waals surface area (Å²) >= 11 is 0. The minimum absolute atomic E-state index is 0.0506. The zero-order valence-corrected chi connectivity index (χ0v) is 9.99. The molecule has 0 aromatic rings. The minimum Gasteiger partial charge on any atom is -0.293 e. The summed E-state index contributed by atoms with van der Waals surface area (Å²) in [6.45, 7) is 7.28. The number of hydrogen-bond acceptors (Lipinski definition) is 3. The average molecular weight is 213 g/mol. The molecule has 1 atom stereocenters. The number of carbonyl (C=O) groups excluding carboxylic acids is 1. The Labute approximate surface area is 92.2 Å². The highest BCUT2D eigenvalue weighted by Crippen LogP contribution is 2.30. The van der Waals surface area contributed by atoms with Crippen molar-refractivity contribution < 1.29 is 4.79 Å². The first-order chi connectivity index (χ1) is 7.11. The van der Waals surface area contributed by atoms with Crippen molar-refractivity contribution in [2.24, 2.45) is 11.8 Å². The van der Waals surface area contributed by atoms with Crippen molar-refractivity contribution in [1.82, 2.24) is 10.3 Å². The van der Waals surface area contributed by atoms with Gasteiger partial charge in [0, 0.05) is 6.04 Å². The van der Waals surface area contributed by atoms with Crippen LogP contribution in [0, 0.1) is 5.92 Å². The van der Waals surface area contributed by atoms with Gasteiger partial charge in [0.05, 0.1) is 6.04 Å². The molecule has 1 fully saturated rings. The van der Waals surface area contributed by atoms with Crippen molar-refractivity contribution in [2.75, 3.05) is 6.54 Å². The normalized spacial score (nSPS) is 18.3. The molecule has 0 aromatic carbocycles. The van der Waals surface area contributed by atoms with E-state index in [2.05, 4.69) is 31.1 Å². The molecule has 1 rings (SSSR count). The summed E-state index contributed by atoms with van der Waals surface area (Å²) in [7, 11) is 0. The highest BCUT2D eigenvalue weighted by molar-refractivity contribution is 5.81. The van der Waals surface area contributed by atoms with Crippen molar-refractivity contribution in [3.05, 3.63) is 0 Å². The summed E-state index contributed by atoms with van der Waals surface area (Å²) < 4.78 is 0. The topological polar surface area (TPSA) is 58.4 Å². The first-order valence-electron chi connectivity index (χ1n) is 5.88. The molecule has 15 heavy (non-hydrogen) atoms. The lowest BCUT2D eigenvalue weighted by molar-refractivity contribution is -0.128. The van der Waals surface area contributed by atoms with E-state index < -0.39 is 0 Å². The Kier molecular flexibility index (Phi) is 4.54. The summed E-state index contributed by atoms with van der Waals surface area (Å²) in [6.07, 6.45) is 3.53. The minimum atomic E-state index is -0.0672. The monoisotopic (exact) mass is 213 g/mol. The molecule has 1 aliphatic rings. The Balaban J connectivity index is 2.69. The summed E-state index contributed by atoms with van der Waals surface area (Å²) in [5, 5.41) is 0. The van der Waals surface area contributed by atoms with Crippen LogP contribution in [0.25, 0.3) is 0 Å². The van der Waals surface area contributed by atoms with Gasteiger partial charge in [-0.2, -0.15) is 0 Å². The van der Waals surface area contributed by atoms with E-state index in [1.807, 2.05) is 0 Å². The SMILES string of the molecule is CCCN(C1CC1)C(C(=O)NN)C(C)C. The third-order valence-corrected chi connectivity index (χ3v) is 2.90. The van der Waals surface area contributed by atoms with E-state index in [-0.39, 0.29) is 11.9 Å². The van der Waals surface area contributed by atoms with Crippen LogP contribution in [0.3, 0.4) is 0 Å². The maximum Gasteiger partial charge on any atom is 0.251 e. The molecular formula is C11H23N3O. The molecule has 4 heteroatoms. The van der Waals surface area contributed by atoms with Gasteiger partial charge in [-0.25, -0.2) is 5.84 Å². The van der Waals surface area contributed by atoms with Gasteiger partial charge in [-0.15, -0.1) is 0 Å². The van der Waals surface area contributed by atoms with Crippen molar-refractivity contribution in [3.8, 4) is 0 Å². The number of hydrazine groups is 1. The molecular weight excluding hydrogens is 190 g/mol. The van der Waals surface area contributed by atoms with E-state index in [1.54, 1.807) is 0 Å². The van der Waals surface area contributed by atoms with Crippen LogP contribution in [0.2, 0.25) is 0 Å². The molecule has 0 bridgehead atoms. The Morgan fingerprint density at radius 2 is 2.13 bits per heavy atom. The van der Waals surface area contributed by atoms with Crippen molar-refractivity contribution >= 4 is 5.91 Å². The highest BCUT2D eigenvalue weighted by atomic mass is 16.2. The number of hydrogen-bond donors (Lipinski definition) is 2. The van der Waals surface area contributed by atoms with Gasteiger partial charge in [-0.1, -0.05) is 20.8 Å². The number of nitrogens with zero attached hydrogens (tertiary/aromatic N) is 1. The zero-order valence-electron chi connectivity index (χ0n) is 9.99. The molecule has 4 nitrogen and oxygen atoms in total. The fourth-order valence-electron chi connectivity index (χ4n) is 2.13. The lowest BCUT2D eigenvalue weighted by Gasteiger charge is -2.32. The van der Waals surface area contributed by atoms with Crippen LogP contribution >= 0.6 is 0 Å². The molecule has 0 heterocycles. The van der Waals surface area contributed by atoms with Gasteiger partial charge in [-0.05, 0) is 31.7 Å². The summed E-state index contributed by atoms with van der Waals surface area (Å²) in [4.78, 5) is 14.0. The Hall–Kier alpha value is -0.610. The molecule has 0 spiro atoms. The predicted octanol–water partition coefficient (Wildman–Crippen LogP) is 0.875. The number of nitrogens with two attached hydrogens (primary N) is 1. The second-order valence-electron chi connectivity index (χ2n) is 4.67.